The van der Waals surface area contributed by atoms with Gasteiger partial charge in [-0.2, -0.15) is 0 Å². The Labute approximate surface area is 89.3 Å². The molecule has 0 radical (unpaired) electrons. The van der Waals surface area contributed by atoms with E-state index in [0.29, 0.717) is 19.6 Å². The van der Waals surface area contributed by atoms with Gasteiger partial charge in [0.15, 0.2) is 9.84 Å². The maximum Gasteiger partial charge on any atom is 0.323 e. The van der Waals surface area contributed by atoms with E-state index in [1.807, 2.05) is 4.90 Å². The van der Waals surface area contributed by atoms with Crippen molar-refractivity contribution in [2.45, 2.75) is 6.04 Å². The lowest BCUT2D eigenvalue weighted by Crippen LogP contribution is -2.48. The third-order valence-electron chi connectivity index (χ3n) is 2.40. The van der Waals surface area contributed by atoms with Crippen molar-refractivity contribution in [2.24, 2.45) is 5.73 Å². The number of rotatable bonds is 3. The van der Waals surface area contributed by atoms with Crippen LogP contribution >= 0.6 is 0 Å². The van der Waals surface area contributed by atoms with Gasteiger partial charge in [-0.15, -0.1) is 0 Å². The maximum absolute atomic E-state index is 11.1. The Kier molecular flexibility index (Phi) is 4.06. The van der Waals surface area contributed by atoms with Crippen molar-refractivity contribution < 1.29 is 17.9 Å². The van der Waals surface area contributed by atoms with Crippen molar-refractivity contribution in [3.05, 3.63) is 0 Å². The summed E-state index contributed by atoms with van der Waals surface area (Å²) in [4.78, 5) is 12.9. The second-order valence-corrected chi connectivity index (χ2v) is 5.89. The minimum absolute atomic E-state index is 0.140. The molecule has 1 fully saturated rings. The predicted molar refractivity (Wildman–Crippen MR) is 55.1 cm³/mol. The first kappa shape index (κ1) is 12.4. The van der Waals surface area contributed by atoms with E-state index in [9.17, 15) is 13.2 Å². The van der Waals surface area contributed by atoms with E-state index in [0.717, 1.165) is 0 Å². The molecule has 6 nitrogen and oxygen atoms in total. The van der Waals surface area contributed by atoms with Crippen LogP contribution in [-0.4, -0.2) is 63.6 Å². The molecule has 1 aliphatic rings. The number of esters is 1. The molecule has 0 amide bonds. The Morgan fingerprint density at radius 2 is 2.00 bits per heavy atom. The molecule has 2 N–H and O–H groups in total. The molecule has 1 atom stereocenters. The SMILES string of the molecule is COC(=O)C(N)CN1CCS(=O)(=O)CC1. The van der Waals surface area contributed by atoms with Crippen LogP contribution in [-0.2, 0) is 19.4 Å². The second-order valence-electron chi connectivity index (χ2n) is 3.58. The van der Waals surface area contributed by atoms with Gasteiger partial charge in [0.05, 0.1) is 18.6 Å². The lowest BCUT2D eigenvalue weighted by atomic mass is 10.3. The third-order valence-corrected chi connectivity index (χ3v) is 4.01. The highest BCUT2D eigenvalue weighted by atomic mass is 32.2. The highest BCUT2D eigenvalue weighted by Crippen LogP contribution is 2.04. The Hall–Kier alpha value is -0.660. The molecule has 0 saturated carbocycles. The monoisotopic (exact) mass is 236 g/mol. The summed E-state index contributed by atoms with van der Waals surface area (Å²) in [6, 6.07) is -0.698. The Balaban J connectivity index is 2.39. The highest BCUT2D eigenvalue weighted by Gasteiger charge is 2.24. The van der Waals surface area contributed by atoms with E-state index >= 15 is 0 Å². The highest BCUT2D eigenvalue weighted by molar-refractivity contribution is 7.91. The van der Waals surface area contributed by atoms with E-state index in [4.69, 9.17) is 5.73 Å². The first-order valence-corrected chi connectivity index (χ1v) is 6.53. The zero-order chi connectivity index (χ0) is 11.5. The number of nitrogens with two attached hydrogens (primary N) is 1. The molecule has 1 rings (SSSR count). The van der Waals surface area contributed by atoms with Gasteiger partial charge in [0.25, 0.3) is 0 Å². The predicted octanol–water partition coefficient (Wildman–Crippen LogP) is -1.78. The molecule has 1 unspecified atom stereocenters. The minimum atomic E-state index is -2.88. The topological polar surface area (TPSA) is 89.7 Å². The number of hydrogen-bond donors (Lipinski definition) is 1. The van der Waals surface area contributed by atoms with Crippen LogP contribution in [0.3, 0.4) is 0 Å². The van der Waals surface area contributed by atoms with Gasteiger partial charge in [-0.25, -0.2) is 8.42 Å². The summed E-state index contributed by atoms with van der Waals surface area (Å²) < 4.78 is 26.7. The van der Waals surface area contributed by atoms with E-state index in [1.54, 1.807) is 0 Å². The number of carbonyl (C=O) groups is 1. The van der Waals surface area contributed by atoms with Crippen molar-refractivity contribution in [1.29, 1.82) is 0 Å². The van der Waals surface area contributed by atoms with Gasteiger partial charge in [-0.1, -0.05) is 0 Å². The molecular formula is C8H16N2O4S. The standard InChI is InChI=1S/C8H16N2O4S/c1-14-8(11)7(9)6-10-2-4-15(12,13)5-3-10/h7H,2-6,9H2,1H3. The summed E-state index contributed by atoms with van der Waals surface area (Å²) in [6.07, 6.45) is 0. The van der Waals surface area contributed by atoms with Gasteiger partial charge >= 0.3 is 5.97 Å². The number of carbonyl (C=O) groups excluding carboxylic acids is 1. The van der Waals surface area contributed by atoms with Gasteiger partial charge in [-0.3, -0.25) is 9.69 Å². The van der Waals surface area contributed by atoms with Gasteiger partial charge < -0.3 is 10.5 Å². The van der Waals surface area contributed by atoms with Crippen LogP contribution in [0.25, 0.3) is 0 Å². The fraction of sp³-hybridized carbons (Fsp3) is 0.875. The second kappa shape index (κ2) is 4.91. The molecule has 7 heteroatoms. The molecule has 88 valence electrons. The molecule has 1 saturated heterocycles. The van der Waals surface area contributed by atoms with Crippen LogP contribution in [0.2, 0.25) is 0 Å². The van der Waals surface area contributed by atoms with Gasteiger partial charge in [0.1, 0.15) is 6.04 Å². The average molecular weight is 236 g/mol. The van der Waals surface area contributed by atoms with E-state index in [-0.39, 0.29) is 11.5 Å². The van der Waals surface area contributed by atoms with E-state index < -0.39 is 21.8 Å². The molecule has 0 aromatic rings. The summed E-state index contributed by atoms with van der Waals surface area (Å²) in [5.74, 6) is -0.189. The fourth-order valence-corrected chi connectivity index (χ4v) is 2.71. The van der Waals surface area contributed by atoms with Crippen molar-refractivity contribution in [3.63, 3.8) is 0 Å². The van der Waals surface area contributed by atoms with Crippen molar-refractivity contribution >= 4 is 15.8 Å². The minimum Gasteiger partial charge on any atom is -0.468 e. The zero-order valence-corrected chi connectivity index (χ0v) is 9.50. The first-order chi connectivity index (χ1) is 6.94. The molecular weight excluding hydrogens is 220 g/mol. The lowest BCUT2D eigenvalue weighted by Gasteiger charge is -2.27. The summed E-state index contributed by atoms with van der Waals surface area (Å²) in [6.45, 7) is 1.22. The molecule has 0 bridgehead atoms. The van der Waals surface area contributed by atoms with E-state index in [1.165, 1.54) is 7.11 Å². The molecule has 0 aromatic heterocycles. The maximum atomic E-state index is 11.1. The van der Waals surface area contributed by atoms with E-state index in [2.05, 4.69) is 4.74 Å². The van der Waals surface area contributed by atoms with Gasteiger partial charge in [0, 0.05) is 19.6 Å². The van der Waals surface area contributed by atoms with Crippen LogP contribution in [0.5, 0.6) is 0 Å². The number of nitrogens with zero attached hydrogens (tertiary/aromatic N) is 1. The summed E-state index contributed by atoms with van der Waals surface area (Å²) in [5, 5.41) is 0. The first-order valence-electron chi connectivity index (χ1n) is 4.71. The quantitative estimate of drug-likeness (QED) is 0.582. The normalized spacial score (nSPS) is 23.3. The number of sulfone groups is 1. The van der Waals surface area contributed by atoms with Crippen LogP contribution in [0.4, 0.5) is 0 Å². The van der Waals surface area contributed by atoms with Crippen LogP contribution in [0, 0.1) is 0 Å². The average Bonchev–Trinajstić information content (AvgIpc) is 2.20. The summed E-state index contributed by atoms with van der Waals surface area (Å²) in [5.41, 5.74) is 5.56. The summed E-state index contributed by atoms with van der Waals surface area (Å²) >= 11 is 0. The molecule has 1 heterocycles. The molecule has 0 aliphatic carbocycles. The number of methoxy groups -OCH3 is 1. The Morgan fingerprint density at radius 1 is 1.47 bits per heavy atom. The Morgan fingerprint density at radius 3 is 2.47 bits per heavy atom. The molecule has 0 aromatic carbocycles. The molecule has 1 aliphatic heterocycles. The lowest BCUT2D eigenvalue weighted by molar-refractivity contribution is -0.142. The van der Waals surface area contributed by atoms with Crippen molar-refractivity contribution in [3.8, 4) is 0 Å². The Bertz CT molecular complexity index is 314. The number of ether oxygens (including phenoxy) is 1. The smallest absolute Gasteiger partial charge is 0.323 e. The van der Waals surface area contributed by atoms with Crippen molar-refractivity contribution in [2.75, 3.05) is 38.2 Å². The van der Waals surface area contributed by atoms with Crippen molar-refractivity contribution in [1.82, 2.24) is 4.90 Å². The summed E-state index contributed by atoms with van der Waals surface area (Å²) in [7, 11) is -1.60. The largest absolute Gasteiger partial charge is 0.468 e. The van der Waals surface area contributed by atoms with Crippen LogP contribution in [0.1, 0.15) is 0 Å². The van der Waals surface area contributed by atoms with Crippen LogP contribution < -0.4 is 5.73 Å². The molecule has 15 heavy (non-hydrogen) atoms. The van der Waals surface area contributed by atoms with Gasteiger partial charge in [0.2, 0.25) is 0 Å². The van der Waals surface area contributed by atoms with Crippen LogP contribution in [0.15, 0.2) is 0 Å². The number of hydrogen-bond acceptors (Lipinski definition) is 6. The van der Waals surface area contributed by atoms with Gasteiger partial charge in [-0.05, 0) is 0 Å². The third kappa shape index (κ3) is 3.77. The fourth-order valence-electron chi connectivity index (χ4n) is 1.44. The molecule has 0 spiro atoms. The zero-order valence-electron chi connectivity index (χ0n) is 8.68.